The van der Waals surface area contributed by atoms with E-state index in [1.165, 1.54) is 0 Å². The number of halogens is 1. The molecule has 0 fully saturated rings. The molecule has 17 heavy (non-hydrogen) atoms. The van der Waals surface area contributed by atoms with Gasteiger partial charge in [0.15, 0.2) is 0 Å². The Bertz CT molecular complexity index is 446. The molecule has 5 nitrogen and oxygen atoms in total. The maximum Gasteiger partial charge on any atom is 0.240 e. The van der Waals surface area contributed by atoms with Crippen molar-refractivity contribution in [2.24, 2.45) is 0 Å². The van der Waals surface area contributed by atoms with Gasteiger partial charge in [0.2, 0.25) is 10.0 Å². The van der Waals surface area contributed by atoms with Gasteiger partial charge in [-0.3, -0.25) is 0 Å². The van der Waals surface area contributed by atoms with Crippen molar-refractivity contribution in [3.8, 4) is 0 Å². The Morgan fingerprint density at radius 3 is 2.29 bits per heavy atom. The Morgan fingerprint density at radius 1 is 1.24 bits per heavy atom. The Morgan fingerprint density at radius 2 is 1.82 bits per heavy atom. The number of hydrogen-bond acceptors (Lipinski definition) is 4. The Kier molecular flexibility index (Phi) is 5.01. The fourth-order valence-electron chi connectivity index (χ4n) is 1.24. The molecule has 0 bridgehead atoms. The molecule has 0 spiro atoms. The van der Waals surface area contributed by atoms with Crippen molar-refractivity contribution in [3.05, 3.63) is 30.1 Å². The highest BCUT2D eigenvalue weighted by atomic mass is 32.2. The molecule has 0 amide bonds. The largest absolute Gasteiger partial charge is 0.396 e. The molecule has 0 radical (unpaired) electrons. The second-order valence-electron chi connectivity index (χ2n) is 3.47. The smallest absolute Gasteiger partial charge is 0.240 e. The van der Waals surface area contributed by atoms with E-state index in [-0.39, 0.29) is 17.9 Å². The molecule has 0 saturated heterocycles. The molecule has 0 heterocycles. The number of benzene rings is 1. The lowest BCUT2D eigenvalue weighted by Gasteiger charge is -2.15. The molecular formula is C10H14FNO4S. The van der Waals surface area contributed by atoms with Crippen LogP contribution in [0.25, 0.3) is 0 Å². The van der Waals surface area contributed by atoms with E-state index in [1.807, 2.05) is 0 Å². The minimum Gasteiger partial charge on any atom is -0.396 e. The first kappa shape index (κ1) is 14.0. The molecule has 0 saturated carbocycles. The second-order valence-corrected chi connectivity index (χ2v) is 5.18. The highest BCUT2D eigenvalue weighted by Gasteiger charge is 2.19. The molecule has 1 atom stereocenters. The third-order valence-corrected chi connectivity index (χ3v) is 3.68. The number of nitrogens with one attached hydrogen (secondary N) is 1. The van der Waals surface area contributed by atoms with Crippen LogP contribution in [0.3, 0.4) is 0 Å². The lowest BCUT2D eigenvalue weighted by molar-refractivity contribution is 0.213. The van der Waals surface area contributed by atoms with E-state index in [0.717, 1.165) is 24.3 Å². The average molecular weight is 263 g/mol. The van der Waals surface area contributed by atoms with Crippen molar-refractivity contribution in [1.82, 2.24) is 4.72 Å². The summed E-state index contributed by atoms with van der Waals surface area (Å²) in [5.74, 6) is -0.530. The van der Waals surface area contributed by atoms with E-state index in [4.69, 9.17) is 10.2 Å². The fourth-order valence-corrected chi connectivity index (χ4v) is 2.51. The van der Waals surface area contributed by atoms with Crippen LogP contribution in [0.1, 0.15) is 6.42 Å². The van der Waals surface area contributed by atoms with Crippen molar-refractivity contribution >= 4 is 10.0 Å². The summed E-state index contributed by atoms with van der Waals surface area (Å²) in [5, 5.41) is 17.6. The topological polar surface area (TPSA) is 86.6 Å². The van der Waals surface area contributed by atoms with Crippen molar-refractivity contribution in [3.63, 3.8) is 0 Å². The van der Waals surface area contributed by atoms with E-state index in [2.05, 4.69) is 4.72 Å². The first-order valence-electron chi connectivity index (χ1n) is 4.99. The number of aliphatic hydroxyl groups is 2. The van der Waals surface area contributed by atoms with Gasteiger partial charge in [-0.05, 0) is 30.7 Å². The predicted octanol–water partition coefficient (Wildman–Crippen LogP) is -0.153. The van der Waals surface area contributed by atoms with Crippen molar-refractivity contribution in [2.45, 2.75) is 17.4 Å². The second kappa shape index (κ2) is 6.06. The molecular weight excluding hydrogens is 249 g/mol. The number of aliphatic hydroxyl groups excluding tert-OH is 2. The number of rotatable bonds is 6. The van der Waals surface area contributed by atoms with Crippen molar-refractivity contribution in [2.75, 3.05) is 13.2 Å². The summed E-state index contributed by atoms with van der Waals surface area (Å²) < 4.78 is 38.4. The summed E-state index contributed by atoms with van der Waals surface area (Å²) in [6.07, 6.45) is 0.108. The van der Waals surface area contributed by atoms with Crippen LogP contribution in [0.2, 0.25) is 0 Å². The first-order valence-corrected chi connectivity index (χ1v) is 6.47. The third-order valence-electron chi connectivity index (χ3n) is 2.14. The highest BCUT2D eigenvalue weighted by molar-refractivity contribution is 7.89. The lowest BCUT2D eigenvalue weighted by atomic mass is 10.2. The van der Waals surface area contributed by atoms with Crippen LogP contribution < -0.4 is 4.72 Å². The molecule has 0 unspecified atom stereocenters. The van der Waals surface area contributed by atoms with Gasteiger partial charge in [0, 0.05) is 12.6 Å². The van der Waals surface area contributed by atoms with Crippen LogP contribution in [0, 0.1) is 5.82 Å². The Labute approximate surface area is 99.0 Å². The van der Waals surface area contributed by atoms with Crippen LogP contribution in [-0.4, -0.2) is 37.9 Å². The highest BCUT2D eigenvalue weighted by Crippen LogP contribution is 2.10. The normalized spacial score (nSPS) is 13.6. The van der Waals surface area contributed by atoms with Gasteiger partial charge >= 0.3 is 0 Å². The van der Waals surface area contributed by atoms with Gasteiger partial charge in [-0.15, -0.1) is 0 Å². The third kappa shape index (κ3) is 4.04. The predicted molar refractivity (Wildman–Crippen MR) is 59.3 cm³/mol. The van der Waals surface area contributed by atoms with Crippen LogP contribution in [-0.2, 0) is 10.0 Å². The monoisotopic (exact) mass is 263 g/mol. The van der Waals surface area contributed by atoms with Crippen LogP contribution in [0.4, 0.5) is 4.39 Å². The quantitative estimate of drug-likeness (QED) is 0.666. The van der Waals surface area contributed by atoms with Gasteiger partial charge in [0.05, 0.1) is 11.5 Å². The SMILES string of the molecule is O=S(=O)(N[C@@H](CO)CCO)c1ccc(F)cc1. The number of hydrogen-bond donors (Lipinski definition) is 3. The van der Waals surface area contributed by atoms with Crippen molar-refractivity contribution in [1.29, 1.82) is 0 Å². The van der Waals surface area contributed by atoms with E-state index in [0.29, 0.717) is 0 Å². The molecule has 0 aliphatic rings. The summed E-state index contributed by atoms with van der Waals surface area (Å²) in [4.78, 5) is -0.0877. The van der Waals surface area contributed by atoms with Gasteiger partial charge < -0.3 is 10.2 Å². The molecule has 7 heteroatoms. The fraction of sp³-hybridized carbons (Fsp3) is 0.400. The van der Waals surface area contributed by atoms with E-state index in [1.54, 1.807) is 0 Å². The summed E-state index contributed by atoms with van der Waals surface area (Å²) >= 11 is 0. The average Bonchev–Trinajstić information content (AvgIpc) is 2.28. The lowest BCUT2D eigenvalue weighted by Crippen LogP contribution is -2.38. The maximum atomic E-state index is 12.6. The summed E-state index contributed by atoms with van der Waals surface area (Å²) in [6, 6.07) is 3.58. The first-order chi connectivity index (χ1) is 7.99. The maximum absolute atomic E-state index is 12.6. The molecule has 1 aromatic rings. The van der Waals surface area contributed by atoms with Crippen LogP contribution in [0.15, 0.2) is 29.2 Å². The van der Waals surface area contributed by atoms with Crippen LogP contribution in [0.5, 0.6) is 0 Å². The molecule has 1 rings (SSSR count). The van der Waals surface area contributed by atoms with Crippen LogP contribution >= 0.6 is 0 Å². The van der Waals surface area contributed by atoms with Gasteiger partial charge in [0.25, 0.3) is 0 Å². The summed E-state index contributed by atoms with van der Waals surface area (Å²) in [5.41, 5.74) is 0. The molecule has 0 aliphatic heterocycles. The standard InChI is InChI=1S/C10H14FNO4S/c11-8-1-3-10(4-2-8)17(15,16)12-9(7-14)5-6-13/h1-4,9,12-14H,5-7H2/t9-/m1/s1. The van der Waals surface area contributed by atoms with E-state index < -0.39 is 28.5 Å². The van der Waals surface area contributed by atoms with E-state index >= 15 is 0 Å². The van der Waals surface area contributed by atoms with E-state index in [9.17, 15) is 12.8 Å². The molecule has 0 aliphatic carbocycles. The molecule has 0 aromatic heterocycles. The minimum atomic E-state index is -3.80. The Balaban J connectivity index is 2.84. The Hall–Kier alpha value is -1.02. The molecule has 96 valence electrons. The zero-order chi connectivity index (χ0) is 12.9. The van der Waals surface area contributed by atoms with Gasteiger partial charge in [-0.25, -0.2) is 17.5 Å². The van der Waals surface area contributed by atoms with Gasteiger partial charge in [-0.2, -0.15) is 0 Å². The summed E-state index contributed by atoms with van der Waals surface area (Å²) in [6.45, 7) is -0.655. The number of sulfonamides is 1. The zero-order valence-electron chi connectivity index (χ0n) is 9.01. The van der Waals surface area contributed by atoms with Gasteiger partial charge in [0.1, 0.15) is 5.82 Å². The zero-order valence-corrected chi connectivity index (χ0v) is 9.82. The van der Waals surface area contributed by atoms with Gasteiger partial charge in [-0.1, -0.05) is 0 Å². The van der Waals surface area contributed by atoms with Crippen molar-refractivity contribution < 1.29 is 23.0 Å². The molecule has 1 aromatic carbocycles. The molecule has 3 N–H and O–H groups in total. The minimum absolute atomic E-state index is 0.0877. The summed E-state index contributed by atoms with van der Waals surface area (Å²) in [7, 11) is -3.80.